The highest BCUT2D eigenvalue weighted by molar-refractivity contribution is 6.44. The number of rotatable bonds is 4. The monoisotopic (exact) mass is 414 g/mol. The van der Waals surface area contributed by atoms with Crippen molar-refractivity contribution in [3.05, 3.63) is 58.4 Å². The maximum atomic E-state index is 6.41. The minimum absolute atomic E-state index is 0.197. The van der Waals surface area contributed by atoms with E-state index in [4.69, 9.17) is 33.7 Å². The third-order valence-corrected chi connectivity index (χ3v) is 5.22. The van der Waals surface area contributed by atoms with E-state index in [2.05, 4.69) is 20.1 Å². The zero-order valence-corrected chi connectivity index (χ0v) is 16.7. The Kier molecular flexibility index (Phi) is 4.78. The molecule has 2 heterocycles. The van der Waals surface area contributed by atoms with Crippen LogP contribution in [0.4, 0.5) is 5.82 Å². The maximum Gasteiger partial charge on any atom is 0.188 e. The molecule has 142 valence electrons. The Hall–Kier alpha value is -2.90. The molecule has 0 spiro atoms. The molecule has 4 aromatic rings. The molecule has 0 saturated carbocycles. The first kappa shape index (κ1) is 18.5. The number of benzene rings is 2. The molecule has 0 saturated heterocycles. The van der Waals surface area contributed by atoms with Gasteiger partial charge in [0.05, 0.1) is 20.9 Å². The molecular weight excluding hydrogens is 399 g/mol. The number of aromatic nitrogens is 5. The number of halogens is 2. The Morgan fingerprint density at radius 2 is 1.93 bits per heavy atom. The summed E-state index contributed by atoms with van der Waals surface area (Å²) in [6.07, 6.45) is 1.41. The molecule has 0 radical (unpaired) electrons. The molecule has 4 rings (SSSR count). The van der Waals surface area contributed by atoms with Crippen LogP contribution in [0.25, 0.3) is 22.0 Å². The number of nitrogens with two attached hydrogens (primary N) is 1. The second-order valence-electron chi connectivity index (χ2n) is 6.18. The van der Waals surface area contributed by atoms with E-state index in [1.807, 2.05) is 38.2 Å². The molecule has 2 aromatic carbocycles. The first-order chi connectivity index (χ1) is 13.5. The summed E-state index contributed by atoms with van der Waals surface area (Å²) in [7, 11) is 1.83. The van der Waals surface area contributed by atoms with E-state index < -0.39 is 0 Å². The third-order valence-electron chi connectivity index (χ3n) is 4.40. The van der Waals surface area contributed by atoms with Crippen molar-refractivity contribution in [1.29, 1.82) is 0 Å². The van der Waals surface area contributed by atoms with Crippen LogP contribution in [0.5, 0.6) is 5.75 Å². The van der Waals surface area contributed by atoms with E-state index in [-0.39, 0.29) is 6.61 Å². The average molecular weight is 415 g/mol. The predicted molar refractivity (Wildman–Crippen MR) is 109 cm³/mol. The number of hydrogen-bond donors (Lipinski definition) is 1. The van der Waals surface area contributed by atoms with Crippen LogP contribution in [0.15, 0.2) is 36.7 Å². The summed E-state index contributed by atoms with van der Waals surface area (Å²) in [6.45, 7) is 2.07. The van der Waals surface area contributed by atoms with Crippen molar-refractivity contribution in [3.8, 4) is 16.9 Å². The van der Waals surface area contributed by atoms with Gasteiger partial charge >= 0.3 is 0 Å². The Morgan fingerprint density at radius 1 is 1.11 bits per heavy atom. The number of nitrogen functional groups attached to an aromatic ring is 1. The quantitative estimate of drug-likeness (QED) is 0.537. The largest absolute Gasteiger partial charge is 0.485 e. The minimum Gasteiger partial charge on any atom is -0.485 e. The molecular formula is C19H16Cl2N6O. The van der Waals surface area contributed by atoms with Crippen LogP contribution in [-0.4, -0.2) is 24.7 Å². The summed E-state index contributed by atoms with van der Waals surface area (Å²) >= 11 is 12.6. The molecule has 7 nitrogen and oxygen atoms in total. The molecule has 0 aliphatic rings. The van der Waals surface area contributed by atoms with Gasteiger partial charge in [0, 0.05) is 18.2 Å². The van der Waals surface area contributed by atoms with Crippen LogP contribution < -0.4 is 10.5 Å². The summed E-state index contributed by atoms with van der Waals surface area (Å²) < 4.78 is 7.63. The van der Waals surface area contributed by atoms with Crippen molar-refractivity contribution in [1.82, 2.24) is 24.7 Å². The second kappa shape index (κ2) is 7.26. The van der Waals surface area contributed by atoms with E-state index in [9.17, 15) is 0 Å². The van der Waals surface area contributed by atoms with Gasteiger partial charge in [0.15, 0.2) is 5.82 Å². The first-order valence-corrected chi connectivity index (χ1v) is 9.18. The zero-order chi connectivity index (χ0) is 19.8. The molecule has 0 aliphatic carbocycles. The molecule has 0 aliphatic heterocycles. The van der Waals surface area contributed by atoms with Crippen molar-refractivity contribution in [2.45, 2.75) is 13.5 Å². The van der Waals surface area contributed by atoms with Crippen molar-refractivity contribution in [2.24, 2.45) is 7.05 Å². The van der Waals surface area contributed by atoms with Gasteiger partial charge in [-0.1, -0.05) is 35.3 Å². The number of hydrogen-bond acceptors (Lipinski definition) is 6. The van der Waals surface area contributed by atoms with E-state index in [1.165, 1.54) is 6.33 Å². The lowest BCUT2D eigenvalue weighted by Gasteiger charge is -2.13. The van der Waals surface area contributed by atoms with Crippen molar-refractivity contribution in [2.75, 3.05) is 5.73 Å². The highest BCUT2D eigenvalue weighted by Crippen LogP contribution is 2.40. The molecule has 0 atom stereocenters. The Bertz CT molecular complexity index is 1170. The molecule has 0 fully saturated rings. The second-order valence-corrected chi connectivity index (χ2v) is 6.97. The third kappa shape index (κ3) is 3.23. The Labute approximate surface area is 171 Å². The van der Waals surface area contributed by atoms with Gasteiger partial charge in [-0.3, -0.25) is 4.68 Å². The van der Waals surface area contributed by atoms with Gasteiger partial charge in [-0.15, -0.1) is 0 Å². The number of anilines is 1. The standard InChI is InChI=1S/C19H16Cl2N6O/c1-10-25-15(26-27(10)2)8-28-14-7-6-12(11-4-3-5-13(20)17(11)21)18-16(14)19(22)24-9-23-18/h3-7,9H,8H2,1-2H3,(H2,22,23,24). The summed E-state index contributed by atoms with van der Waals surface area (Å²) in [4.78, 5) is 12.9. The van der Waals surface area contributed by atoms with Gasteiger partial charge in [0.25, 0.3) is 0 Å². The minimum atomic E-state index is 0.197. The number of fused-ring (bicyclic) bond motifs is 1. The van der Waals surface area contributed by atoms with E-state index >= 15 is 0 Å². The fraction of sp³-hybridized carbons (Fsp3) is 0.158. The van der Waals surface area contributed by atoms with Gasteiger partial charge in [0.1, 0.15) is 30.3 Å². The van der Waals surface area contributed by atoms with Gasteiger partial charge in [0.2, 0.25) is 0 Å². The van der Waals surface area contributed by atoms with Crippen molar-refractivity contribution in [3.63, 3.8) is 0 Å². The summed E-state index contributed by atoms with van der Waals surface area (Å²) in [5.74, 6) is 2.23. The maximum absolute atomic E-state index is 6.41. The average Bonchev–Trinajstić information content (AvgIpc) is 3.00. The highest BCUT2D eigenvalue weighted by Gasteiger charge is 2.17. The van der Waals surface area contributed by atoms with Crippen molar-refractivity contribution >= 4 is 39.9 Å². The molecule has 9 heteroatoms. The van der Waals surface area contributed by atoms with Gasteiger partial charge in [-0.25, -0.2) is 15.0 Å². The fourth-order valence-electron chi connectivity index (χ4n) is 2.95. The van der Waals surface area contributed by atoms with E-state index in [1.54, 1.807) is 10.7 Å². The molecule has 0 amide bonds. The summed E-state index contributed by atoms with van der Waals surface area (Å²) in [5, 5.41) is 5.81. The van der Waals surface area contributed by atoms with Crippen molar-refractivity contribution < 1.29 is 4.74 Å². The number of ether oxygens (including phenoxy) is 1. The lowest BCUT2D eigenvalue weighted by molar-refractivity contribution is 0.299. The molecule has 0 bridgehead atoms. The van der Waals surface area contributed by atoms with Gasteiger partial charge in [-0.2, -0.15) is 5.10 Å². The lowest BCUT2D eigenvalue weighted by Crippen LogP contribution is -2.02. The number of aryl methyl sites for hydroxylation is 2. The van der Waals surface area contributed by atoms with Crippen LogP contribution in [-0.2, 0) is 13.7 Å². The van der Waals surface area contributed by atoms with Crippen LogP contribution in [0.1, 0.15) is 11.6 Å². The molecule has 28 heavy (non-hydrogen) atoms. The smallest absolute Gasteiger partial charge is 0.188 e. The molecule has 2 aromatic heterocycles. The predicted octanol–water partition coefficient (Wildman–Crippen LogP) is 4.20. The first-order valence-electron chi connectivity index (χ1n) is 8.42. The van der Waals surface area contributed by atoms with Gasteiger partial charge in [-0.05, 0) is 25.1 Å². The SMILES string of the molecule is Cc1nc(COc2ccc(-c3cccc(Cl)c3Cl)c3ncnc(N)c23)nn1C. The van der Waals surface area contributed by atoms with Crippen LogP contribution in [0.3, 0.4) is 0 Å². The summed E-state index contributed by atoms with van der Waals surface area (Å²) in [6, 6.07) is 9.13. The molecule has 2 N–H and O–H groups in total. The normalized spacial score (nSPS) is 11.1. The fourth-order valence-corrected chi connectivity index (χ4v) is 3.35. The van der Waals surface area contributed by atoms with Crippen LogP contribution >= 0.6 is 23.2 Å². The van der Waals surface area contributed by atoms with Crippen LogP contribution in [0.2, 0.25) is 10.0 Å². The van der Waals surface area contributed by atoms with Gasteiger partial charge < -0.3 is 10.5 Å². The van der Waals surface area contributed by atoms with Crippen LogP contribution in [0, 0.1) is 6.92 Å². The van der Waals surface area contributed by atoms with E-state index in [0.717, 1.165) is 17.0 Å². The lowest BCUT2D eigenvalue weighted by atomic mass is 10.0. The summed E-state index contributed by atoms with van der Waals surface area (Å²) in [5.41, 5.74) is 8.31. The zero-order valence-electron chi connectivity index (χ0n) is 15.1. The highest BCUT2D eigenvalue weighted by atomic mass is 35.5. The molecule has 0 unspecified atom stereocenters. The van der Waals surface area contributed by atoms with E-state index in [0.29, 0.717) is 38.3 Å². The number of nitrogens with zero attached hydrogens (tertiary/aromatic N) is 5. The Balaban J connectivity index is 1.80. The topological polar surface area (TPSA) is 91.7 Å². The Morgan fingerprint density at radius 3 is 2.68 bits per heavy atom.